The molecule has 2 N–H and O–H groups in total. The minimum absolute atomic E-state index is 0.155. The third kappa shape index (κ3) is 1.82. The van der Waals surface area contributed by atoms with E-state index in [0.29, 0.717) is 5.96 Å². The largest absolute Gasteiger partial charge is 0.370 e. The van der Waals surface area contributed by atoms with Crippen molar-refractivity contribution in [2.45, 2.75) is 18.9 Å². The summed E-state index contributed by atoms with van der Waals surface area (Å²) >= 11 is 0. The van der Waals surface area contributed by atoms with E-state index in [-0.39, 0.29) is 5.54 Å². The number of hydrogen-bond acceptors (Lipinski definition) is 3. The summed E-state index contributed by atoms with van der Waals surface area (Å²) in [5, 5.41) is 0. The van der Waals surface area contributed by atoms with Crippen LogP contribution in [0.3, 0.4) is 0 Å². The van der Waals surface area contributed by atoms with Crippen molar-refractivity contribution >= 4 is 5.96 Å². The number of rotatable bonds is 1. The third-order valence-electron chi connectivity index (χ3n) is 3.08. The van der Waals surface area contributed by atoms with E-state index < -0.39 is 0 Å². The Morgan fingerprint density at radius 2 is 2.00 bits per heavy atom. The van der Waals surface area contributed by atoms with E-state index in [9.17, 15) is 0 Å². The van der Waals surface area contributed by atoms with E-state index in [1.165, 1.54) is 5.56 Å². The second kappa shape index (κ2) is 3.57. The average molecular weight is 203 g/mol. The maximum Gasteiger partial charge on any atom is 0.191 e. The molecule has 1 unspecified atom stereocenters. The van der Waals surface area contributed by atoms with Crippen LogP contribution in [-0.4, -0.2) is 24.5 Å². The fourth-order valence-corrected chi connectivity index (χ4v) is 1.90. The van der Waals surface area contributed by atoms with Gasteiger partial charge in [-0.2, -0.15) is 0 Å². The second-order valence-corrected chi connectivity index (χ2v) is 4.28. The van der Waals surface area contributed by atoms with Crippen LogP contribution in [0.5, 0.6) is 0 Å². The standard InChI is InChI=1S/C12H17N3/c1-12(10-6-4-3-5-7-10)8-9-15(2)11(13)14-12/h3-7H,8-9H2,1-2H3,(H2,13,14). The van der Waals surface area contributed by atoms with Crippen molar-refractivity contribution in [3.8, 4) is 0 Å². The zero-order valence-electron chi connectivity index (χ0n) is 9.27. The van der Waals surface area contributed by atoms with Gasteiger partial charge in [-0.15, -0.1) is 0 Å². The number of guanidine groups is 1. The van der Waals surface area contributed by atoms with Gasteiger partial charge in [0.2, 0.25) is 0 Å². The topological polar surface area (TPSA) is 41.6 Å². The molecule has 0 aromatic heterocycles. The predicted molar refractivity (Wildman–Crippen MR) is 62.7 cm³/mol. The van der Waals surface area contributed by atoms with Gasteiger partial charge in [-0.25, -0.2) is 4.99 Å². The van der Waals surface area contributed by atoms with E-state index in [4.69, 9.17) is 5.73 Å². The average Bonchev–Trinajstić information content (AvgIpc) is 2.26. The Bertz CT molecular complexity index is 372. The second-order valence-electron chi connectivity index (χ2n) is 4.28. The summed E-state index contributed by atoms with van der Waals surface area (Å²) in [5.41, 5.74) is 6.95. The fourth-order valence-electron chi connectivity index (χ4n) is 1.90. The minimum Gasteiger partial charge on any atom is -0.370 e. The number of aliphatic imine (C=N–C) groups is 1. The molecule has 0 spiro atoms. The van der Waals surface area contributed by atoms with Gasteiger partial charge >= 0.3 is 0 Å². The number of benzene rings is 1. The number of nitrogens with two attached hydrogens (primary N) is 1. The molecule has 3 heteroatoms. The van der Waals surface area contributed by atoms with Gasteiger partial charge in [0, 0.05) is 13.6 Å². The monoisotopic (exact) mass is 203 g/mol. The lowest BCUT2D eigenvalue weighted by Gasteiger charge is -2.35. The van der Waals surface area contributed by atoms with Crippen LogP contribution in [0.15, 0.2) is 35.3 Å². The molecule has 2 rings (SSSR count). The van der Waals surface area contributed by atoms with E-state index in [1.54, 1.807) is 0 Å². The van der Waals surface area contributed by atoms with Crippen molar-refractivity contribution in [3.05, 3.63) is 35.9 Å². The molecule has 1 atom stereocenters. The Morgan fingerprint density at radius 1 is 1.33 bits per heavy atom. The first-order valence-corrected chi connectivity index (χ1v) is 5.24. The van der Waals surface area contributed by atoms with E-state index in [1.807, 2.05) is 30.1 Å². The lowest BCUT2D eigenvalue weighted by Crippen LogP contribution is -2.43. The van der Waals surface area contributed by atoms with Crippen molar-refractivity contribution in [3.63, 3.8) is 0 Å². The highest BCUT2D eigenvalue weighted by Crippen LogP contribution is 2.31. The molecule has 1 aliphatic rings. The Kier molecular flexibility index (Phi) is 2.39. The molecule has 80 valence electrons. The van der Waals surface area contributed by atoms with Crippen molar-refractivity contribution in [2.75, 3.05) is 13.6 Å². The van der Waals surface area contributed by atoms with E-state index in [2.05, 4.69) is 24.0 Å². The van der Waals surface area contributed by atoms with Gasteiger partial charge in [0.15, 0.2) is 5.96 Å². The SMILES string of the molecule is CN1CCC(C)(c2ccccc2)N=C1N. The van der Waals surface area contributed by atoms with Crippen LogP contribution in [0.25, 0.3) is 0 Å². The quantitative estimate of drug-likeness (QED) is 0.752. The molecule has 1 aromatic rings. The molecule has 0 amide bonds. The molecule has 1 heterocycles. The Balaban J connectivity index is 2.36. The number of nitrogens with zero attached hydrogens (tertiary/aromatic N) is 2. The van der Waals surface area contributed by atoms with Crippen molar-refractivity contribution < 1.29 is 0 Å². The summed E-state index contributed by atoms with van der Waals surface area (Å²) < 4.78 is 0. The molecule has 1 aromatic carbocycles. The highest BCUT2D eigenvalue weighted by Gasteiger charge is 2.30. The maximum absolute atomic E-state index is 5.87. The highest BCUT2D eigenvalue weighted by atomic mass is 15.3. The summed E-state index contributed by atoms with van der Waals surface area (Å²) in [5.74, 6) is 0.632. The molecule has 15 heavy (non-hydrogen) atoms. The van der Waals surface area contributed by atoms with Crippen LogP contribution in [-0.2, 0) is 5.54 Å². The van der Waals surface area contributed by atoms with Crippen LogP contribution in [0.1, 0.15) is 18.9 Å². The molecule has 0 aliphatic carbocycles. The Hall–Kier alpha value is -1.51. The molecule has 0 saturated heterocycles. The molecule has 0 saturated carbocycles. The van der Waals surface area contributed by atoms with Crippen molar-refractivity contribution in [1.82, 2.24) is 4.90 Å². The van der Waals surface area contributed by atoms with Crippen LogP contribution >= 0.6 is 0 Å². The summed E-state index contributed by atoms with van der Waals surface area (Å²) in [7, 11) is 1.98. The highest BCUT2D eigenvalue weighted by molar-refractivity contribution is 5.79. The van der Waals surface area contributed by atoms with Gasteiger partial charge in [0.25, 0.3) is 0 Å². The van der Waals surface area contributed by atoms with Crippen LogP contribution in [0.2, 0.25) is 0 Å². The minimum atomic E-state index is -0.155. The van der Waals surface area contributed by atoms with Crippen molar-refractivity contribution in [1.29, 1.82) is 0 Å². The maximum atomic E-state index is 5.87. The van der Waals surface area contributed by atoms with Gasteiger partial charge in [0.1, 0.15) is 0 Å². The van der Waals surface area contributed by atoms with E-state index in [0.717, 1.165) is 13.0 Å². The van der Waals surface area contributed by atoms with Gasteiger partial charge < -0.3 is 10.6 Å². The molecular weight excluding hydrogens is 186 g/mol. The summed E-state index contributed by atoms with van der Waals surface area (Å²) in [6.45, 7) is 3.10. The van der Waals surface area contributed by atoms with Crippen LogP contribution < -0.4 is 5.73 Å². The van der Waals surface area contributed by atoms with Crippen LogP contribution in [0, 0.1) is 0 Å². The zero-order valence-corrected chi connectivity index (χ0v) is 9.27. The van der Waals surface area contributed by atoms with Gasteiger partial charge in [0.05, 0.1) is 5.54 Å². The lowest BCUT2D eigenvalue weighted by atomic mass is 9.88. The zero-order chi connectivity index (χ0) is 10.9. The van der Waals surface area contributed by atoms with E-state index >= 15 is 0 Å². The molecule has 3 nitrogen and oxygen atoms in total. The molecule has 0 fully saturated rings. The summed E-state index contributed by atoms with van der Waals surface area (Å²) in [4.78, 5) is 6.58. The first kappa shape index (κ1) is 10.0. The fraction of sp³-hybridized carbons (Fsp3) is 0.417. The Morgan fingerprint density at radius 3 is 2.60 bits per heavy atom. The van der Waals surface area contributed by atoms with Gasteiger partial charge in [-0.05, 0) is 18.9 Å². The molecule has 0 radical (unpaired) electrons. The summed E-state index contributed by atoms with van der Waals surface area (Å²) in [6, 6.07) is 10.3. The van der Waals surface area contributed by atoms with Gasteiger partial charge in [-0.3, -0.25) is 0 Å². The first-order chi connectivity index (χ1) is 7.12. The molecule has 0 bridgehead atoms. The first-order valence-electron chi connectivity index (χ1n) is 5.24. The normalized spacial score (nSPS) is 26.3. The van der Waals surface area contributed by atoms with Gasteiger partial charge in [-0.1, -0.05) is 30.3 Å². The predicted octanol–water partition coefficient (Wildman–Crippen LogP) is 1.55. The van der Waals surface area contributed by atoms with Crippen molar-refractivity contribution in [2.24, 2.45) is 10.7 Å². The molecule has 1 aliphatic heterocycles. The Labute approximate surface area is 90.6 Å². The lowest BCUT2D eigenvalue weighted by molar-refractivity contribution is 0.339. The number of hydrogen-bond donors (Lipinski definition) is 1. The molecular formula is C12H17N3. The third-order valence-corrected chi connectivity index (χ3v) is 3.08. The summed E-state index contributed by atoms with van der Waals surface area (Å²) in [6.07, 6.45) is 1.01. The van der Waals surface area contributed by atoms with Crippen LogP contribution in [0.4, 0.5) is 0 Å². The smallest absolute Gasteiger partial charge is 0.191 e.